The second kappa shape index (κ2) is 10.6. The van der Waals surface area contributed by atoms with Gasteiger partial charge < -0.3 is 10.6 Å². The van der Waals surface area contributed by atoms with Crippen LogP contribution in [0.5, 0.6) is 0 Å². The minimum Gasteiger partial charge on any atom is -0.355 e. The topological polar surface area (TPSA) is 64.7 Å². The molecule has 2 rings (SSSR count). The maximum atomic E-state index is 13.1. The van der Waals surface area contributed by atoms with Crippen molar-refractivity contribution < 1.29 is 14.0 Å². The molecule has 0 spiro atoms. The highest BCUT2D eigenvalue weighted by atomic mass is 35.5. The van der Waals surface area contributed by atoms with Gasteiger partial charge in [-0.15, -0.1) is 0 Å². The molecule has 0 aromatic heterocycles. The molecule has 0 unspecified atom stereocenters. The summed E-state index contributed by atoms with van der Waals surface area (Å²) in [6.07, 6.45) is 2.05. The van der Waals surface area contributed by atoms with Crippen LogP contribution in [0, 0.1) is 5.82 Å². The fourth-order valence-corrected chi connectivity index (χ4v) is 3.18. The van der Waals surface area contributed by atoms with E-state index < -0.39 is 5.82 Å². The van der Waals surface area contributed by atoms with Crippen LogP contribution in [0.25, 0.3) is 0 Å². The maximum Gasteiger partial charge on any atom is 0.241 e. The Bertz CT molecular complexity index is 651. The molecule has 0 radical (unpaired) electrons. The Balaban J connectivity index is 1.77. The molecule has 1 aromatic rings. The van der Waals surface area contributed by atoms with E-state index in [1.807, 2.05) is 6.92 Å². The van der Waals surface area contributed by atoms with Crippen molar-refractivity contribution in [3.63, 3.8) is 0 Å². The molecule has 0 aliphatic carbocycles. The summed E-state index contributed by atoms with van der Waals surface area (Å²) in [6, 6.07) is 3.55. The molecule has 0 bridgehead atoms. The summed E-state index contributed by atoms with van der Waals surface area (Å²) >= 11 is 5.96. The van der Waals surface area contributed by atoms with Crippen LogP contribution in [0.3, 0.4) is 0 Å². The van der Waals surface area contributed by atoms with Gasteiger partial charge in [-0.3, -0.25) is 19.4 Å². The first-order valence-corrected chi connectivity index (χ1v) is 9.77. The van der Waals surface area contributed by atoms with Crippen LogP contribution in [-0.2, 0) is 9.59 Å². The number of carbonyl (C=O) groups excluding carboxylic acids is 2. The highest BCUT2D eigenvalue weighted by molar-refractivity contribution is 6.33. The third kappa shape index (κ3) is 6.75. The Hall–Kier alpha value is -1.70. The van der Waals surface area contributed by atoms with Gasteiger partial charge in [0.2, 0.25) is 11.8 Å². The lowest BCUT2D eigenvalue weighted by molar-refractivity contribution is -0.124. The maximum absolute atomic E-state index is 13.1. The summed E-state index contributed by atoms with van der Waals surface area (Å²) in [5.41, 5.74) is 0.400. The number of hydrogen-bond donors (Lipinski definition) is 2. The van der Waals surface area contributed by atoms with Crippen LogP contribution in [0.2, 0.25) is 5.02 Å². The van der Waals surface area contributed by atoms with Crippen LogP contribution in [-0.4, -0.2) is 66.9 Å². The van der Waals surface area contributed by atoms with Crippen LogP contribution in [0.1, 0.15) is 26.7 Å². The molecule has 1 heterocycles. The van der Waals surface area contributed by atoms with Gasteiger partial charge in [-0.25, -0.2) is 4.39 Å². The number of carbonyl (C=O) groups is 2. The molecule has 1 aliphatic rings. The van der Waals surface area contributed by atoms with E-state index in [4.69, 9.17) is 11.6 Å². The lowest BCUT2D eigenvalue weighted by Crippen LogP contribution is -2.54. The van der Waals surface area contributed by atoms with E-state index in [-0.39, 0.29) is 22.9 Å². The van der Waals surface area contributed by atoms with E-state index in [1.165, 1.54) is 18.2 Å². The monoisotopic (exact) mass is 398 g/mol. The van der Waals surface area contributed by atoms with Crippen molar-refractivity contribution in [1.82, 2.24) is 15.1 Å². The number of hydrogen-bond acceptors (Lipinski definition) is 4. The van der Waals surface area contributed by atoms with Gasteiger partial charge in [0.25, 0.3) is 0 Å². The number of amides is 2. The number of rotatable bonds is 8. The van der Waals surface area contributed by atoms with E-state index in [0.29, 0.717) is 25.3 Å². The number of benzene rings is 1. The Morgan fingerprint density at radius 1 is 1.26 bits per heavy atom. The molecule has 2 amide bonds. The summed E-state index contributed by atoms with van der Waals surface area (Å²) < 4.78 is 13.1. The second-order valence-electron chi connectivity index (χ2n) is 6.81. The Morgan fingerprint density at radius 3 is 2.59 bits per heavy atom. The summed E-state index contributed by atoms with van der Waals surface area (Å²) in [5, 5.41) is 5.85. The third-order valence-electron chi connectivity index (χ3n) is 4.74. The number of nitrogens with one attached hydrogen (secondary N) is 2. The quantitative estimate of drug-likeness (QED) is 0.660. The number of piperazine rings is 1. The van der Waals surface area contributed by atoms with Crippen molar-refractivity contribution in [1.29, 1.82) is 0 Å². The second-order valence-corrected chi connectivity index (χ2v) is 7.21. The summed E-state index contributed by atoms with van der Waals surface area (Å²) in [6.45, 7) is 7.91. The molecule has 2 N–H and O–H groups in total. The Kier molecular flexibility index (Phi) is 8.47. The predicted octanol–water partition coefficient (Wildman–Crippen LogP) is 2.34. The molecule has 1 aromatic carbocycles. The molecule has 8 heteroatoms. The number of halogens is 2. The minimum absolute atomic E-state index is 0.0497. The normalized spacial score (nSPS) is 16.7. The summed E-state index contributed by atoms with van der Waals surface area (Å²) in [4.78, 5) is 28.5. The van der Waals surface area contributed by atoms with E-state index >= 15 is 0 Å². The van der Waals surface area contributed by atoms with E-state index in [1.54, 1.807) is 0 Å². The van der Waals surface area contributed by atoms with Crippen LogP contribution < -0.4 is 10.6 Å². The lowest BCUT2D eigenvalue weighted by atomic mass is 10.2. The average Bonchev–Trinajstić information content (AvgIpc) is 2.64. The SMILES string of the molecule is CCCCNC(=O)CN1CCN([C@@H](C)C(=O)Nc2ccc(F)cc2Cl)CC1. The van der Waals surface area contributed by atoms with Crippen LogP contribution in [0.15, 0.2) is 18.2 Å². The zero-order valence-electron chi connectivity index (χ0n) is 15.9. The van der Waals surface area contributed by atoms with Crippen molar-refractivity contribution in [3.05, 3.63) is 29.0 Å². The summed E-state index contributed by atoms with van der Waals surface area (Å²) in [5.74, 6) is -0.580. The molecule has 1 aliphatic heterocycles. The van der Waals surface area contributed by atoms with Gasteiger partial charge in [0.15, 0.2) is 0 Å². The van der Waals surface area contributed by atoms with Crippen molar-refractivity contribution in [3.8, 4) is 0 Å². The van der Waals surface area contributed by atoms with E-state index in [9.17, 15) is 14.0 Å². The van der Waals surface area contributed by atoms with Gasteiger partial charge in [-0.2, -0.15) is 0 Å². The van der Waals surface area contributed by atoms with E-state index in [0.717, 1.165) is 32.5 Å². The van der Waals surface area contributed by atoms with Gasteiger partial charge in [0.1, 0.15) is 5.82 Å². The minimum atomic E-state index is -0.444. The van der Waals surface area contributed by atoms with Gasteiger partial charge in [-0.05, 0) is 31.5 Å². The first-order valence-electron chi connectivity index (χ1n) is 9.39. The van der Waals surface area contributed by atoms with Crippen LogP contribution in [0.4, 0.5) is 10.1 Å². The van der Waals surface area contributed by atoms with E-state index in [2.05, 4.69) is 27.4 Å². The third-order valence-corrected chi connectivity index (χ3v) is 5.06. The predicted molar refractivity (Wildman–Crippen MR) is 105 cm³/mol. The van der Waals surface area contributed by atoms with Crippen LogP contribution >= 0.6 is 11.6 Å². The van der Waals surface area contributed by atoms with Gasteiger partial charge in [-0.1, -0.05) is 24.9 Å². The lowest BCUT2D eigenvalue weighted by Gasteiger charge is -2.37. The van der Waals surface area contributed by atoms with Gasteiger partial charge in [0, 0.05) is 32.7 Å². The molecule has 27 heavy (non-hydrogen) atoms. The molecule has 1 atom stereocenters. The van der Waals surface area contributed by atoms with Crippen molar-refractivity contribution in [2.24, 2.45) is 0 Å². The van der Waals surface area contributed by atoms with Crippen molar-refractivity contribution in [2.45, 2.75) is 32.7 Å². The molecule has 0 saturated carbocycles. The molecular weight excluding hydrogens is 371 g/mol. The van der Waals surface area contributed by atoms with Crippen molar-refractivity contribution >= 4 is 29.1 Å². The number of unbranched alkanes of at least 4 members (excludes halogenated alkanes) is 1. The molecule has 150 valence electrons. The smallest absolute Gasteiger partial charge is 0.241 e. The fourth-order valence-electron chi connectivity index (χ4n) is 2.97. The number of anilines is 1. The molecule has 1 saturated heterocycles. The largest absolute Gasteiger partial charge is 0.355 e. The Morgan fingerprint density at radius 2 is 1.96 bits per heavy atom. The fraction of sp³-hybridized carbons (Fsp3) is 0.579. The standard InChI is InChI=1S/C19H28ClFN4O2/c1-3-4-7-22-18(26)13-24-8-10-25(11-9-24)14(2)19(27)23-17-6-5-15(21)12-16(17)20/h5-6,12,14H,3-4,7-11,13H2,1-2H3,(H,22,26)(H,23,27)/t14-/m0/s1. The van der Waals surface area contributed by atoms with Gasteiger partial charge in [0.05, 0.1) is 23.3 Å². The summed E-state index contributed by atoms with van der Waals surface area (Å²) in [7, 11) is 0. The zero-order chi connectivity index (χ0) is 19.8. The average molecular weight is 399 g/mol. The zero-order valence-corrected chi connectivity index (χ0v) is 16.7. The molecule has 6 nitrogen and oxygen atoms in total. The van der Waals surface area contributed by atoms with Crippen molar-refractivity contribution in [2.75, 3.05) is 44.6 Å². The highest BCUT2D eigenvalue weighted by Crippen LogP contribution is 2.23. The highest BCUT2D eigenvalue weighted by Gasteiger charge is 2.26. The number of nitrogens with zero attached hydrogens (tertiary/aromatic N) is 2. The first-order chi connectivity index (χ1) is 12.9. The van der Waals surface area contributed by atoms with Gasteiger partial charge >= 0.3 is 0 Å². The first kappa shape index (κ1) is 21.6. The molecule has 1 fully saturated rings. The molecular formula is C19H28ClFN4O2. The Labute approximate surface area is 165 Å².